The molecule has 7 heteroatoms. The van der Waals surface area contributed by atoms with E-state index in [0.717, 1.165) is 27.8 Å². The number of carboxylic acids is 1. The molecule has 1 aliphatic carbocycles. The third kappa shape index (κ3) is 4.49. The molecule has 1 atom stereocenters. The van der Waals surface area contributed by atoms with E-state index in [1.165, 1.54) is 0 Å². The van der Waals surface area contributed by atoms with Gasteiger partial charge in [-0.25, -0.2) is 4.79 Å². The van der Waals surface area contributed by atoms with E-state index >= 15 is 0 Å². The topological polar surface area (TPSA) is 93.4 Å². The lowest BCUT2D eigenvalue weighted by molar-refractivity contribution is -0.140. The van der Waals surface area contributed by atoms with Crippen LogP contribution >= 0.6 is 0 Å². The van der Waals surface area contributed by atoms with Crippen LogP contribution in [-0.2, 0) is 22.0 Å². The van der Waals surface area contributed by atoms with Gasteiger partial charge >= 0.3 is 12.1 Å². The molecule has 1 aromatic heterocycles. The summed E-state index contributed by atoms with van der Waals surface area (Å²) >= 11 is 0. The fraction of sp³-hybridized carbons (Fsp3) is 0.346. The number of benzene rings is 2. The predicted octanol–water partition coefficient (Wildman–Crippen LogP) is 5.46. The highest BCUT2D eigenvalue weighted by atomic mass is 16.6. The highest BCUT2D eigenvalue weighted by Crippen LogP contribution is 2.48. The second-order valence-corrected chi connectivity index (χ2v) is 9.05. The van der Waals surface area contributed by atoms with Gasteiger partial charge in [0.1, 0.15) is 11.9 Å². The number of carbonyl (C=O) groups excluding carboxylic acids is 1. The van der Waals surface area contributed by atoms with E-state index < -0.39 is 17.5 Å². The molecule has 0 bridgehead atoms. The Bertz CT molecular complexity index is 1160. The molecule has 4 rings (SSSR count). The van der Waals surface area contributed by atoms with Crippen LogP contribution in [0.5, 0.6) is 0 Å². The van der Waals surface area contributed by atoms with Gasteiger partial charge in [-0.2, -0.15) is 5.10 Å². The van der Waals surface area contributed by atoms with Gasteiger partial charge < -0.3 is 9.84 Å². The van der Waals surface area contributed by atoms with Crippen LogP contribution in [0.15, 0.2) is 54.7 Å². The molecule has 0 unspecified atom stereocenters. The molecule has 3 aromatic rings. The van der Waals surface area contributed by atoms with E-state index in [4.69, 9.17) is 4.74 Å². The average Bonchev–Trinajstić information content (AvgIpc) is 3.54. The molecule has 0 aliphatic heterocycles. The Labute approximate surface area is 193 Å². The van der Waals surface area contributed by atoms with Gasteiger partial charge in [-0.05, 0) is 47.9 Å². The standard InChI is InChI=1S/C26H29N3O4/c1-16(2)17(3)33-25(32)28-23-22(15-27-29(23)4)20-7-5-18(6-8-20)19-9-11-21(12-10-19)26(13-14-26)24(30)31/h5-12,15-17H,13-14H2,1-4H3,(H,28,32)(H,30,31)/t17-/m0/s1. The summed E-state index contributed by atoms with van der Waals surface area (Å²) in [6, 6.07) is 15.7. The number of amides is 1. The highest BCUT2D eigenvalue weighted by Gasteiger charge is 2.51. The molecule has 0 radical (unpaired) electrons. The molecular formula is C26H29N3O4. The molecule has 1 amide bonds. The lowest BCUT2D eigenvalue weighted by Gasteiger charge is -2.17. The summed E-state index contributed by atoms with van der Waals surface area (Å²) in [5.74, 6) is 0.0433. The van der Waals surface area contributed by atoms with Crippen LogP contribution in [0.25, 0.3) is 22.3 Å². The van der Waals surface area contributed by atoms with Crippen molar-refractivity contribution in [3.63, 3.8) is 0 Å². The third-order valence-electron chi connectivity index (χ3n) is 6.52. The number of hydrogen-bond donors (Lipinski definition) is 2. The van der Waals surface area contributed by atoms with Gasteiger partial charge in [0.15, 0.2) is 0 Å². The van der Waals surface area contributed by atoms with Crippen LogP contribution in [0, 0.1) is 5.92 Å². The van der Waals surface area contributed by atoms with Crippen molar-refractivity contribution in [2.24, 2.45) is 13.0 Å². The number of anilines is 1. The second-order valence-electron chi connectivity index (χ2n) is 9.05. The number of ether oxygens (including phenoxy) is 1. The number of aromatic nitrogens is 2. The maximum Gasteiger partial charge on any atom is 0.413 e. The monoisotopic (exact) mass is 447 g/mol. The zero-order valence-electron chi connectivity index (χ0n) is 19.3. The summed E-state index contributed by atoms with van der Waals surface area (Å²) in [6.07, 6.45) is 2.40. The first-order valence-electron chi connectivity index (χ1n) is 11.2. The lowest BCUT2D eigenvalue weighted by atomic mass is 9.93. The van der Waals surface area contributed by atoms with Gasteiger partial charge in [-0.3, -0.25) is 14.8 Å². The Morgan fingerprint density at radius 1 is 1.00 bits per heavy atom. The van der Waals surface area contributed by atoms with Gasteiger partial charge in [0.25, 0.3) is 0 Å². The van der Waals surface area contributed by atoms with E-state index in [0.29, 0.717) is 18.7 Å². The third-order valence-corrected chi connectivity index (χ3v) is 6.52. The summed E-state index contributed by atoms with van der Waals surface area (Å²) in [7, 11) is 1.77. The quantitative estimate of drug-likeness (QED) is 0.501. The van der Waals surface area contributed by atoms with E-state index in [-0.39, 0.29) is 12.0 Å². The molecule has 1 fully saturated rings. The Morgan fingerprint density at radius 2 is 1.55 bits per heavy atom. The summed E-state index contributed by atoms with van der Waals surface area (Å²) in [5, 5.41) is 16.6. The lowest BCUT2D eigenvalue weighted by Crippen LogP contribution is -2.25. The average molecular weight is 448 g/mol. The first-order chi connectivity index (χ1) is 15.7. The van der Waals surface area contributed by atoms with Crippen LogP contribution in [0.1, 0.15) is 39.2 Å². The summed E-state index contributed by atoms with van der Waals surface area (Å²) in [6.45, 7) is 5.86. The molecule has 2 N–H and O–H groups in total. The van der Waals surface area contributed by atoms with E-state index in [1.807, 2.05) is 69.3 Å². The van der Waals surface area contributed by atoms with Gasteiger partial charge in [0.2, 0.25) is 0 Å². The molecule has 33 heavy (non-hydrogen) atoms. The van der Waals surface area contributed by atoms with Crippen molar-refractivity contribution < 1.29 is 19.4 Å². The Kier molecular flexibility index (Phi) is 5.97. The summed E-state index contributed by atoms with van der Waals surface area (Å²) in [4.78, 5) is 23.9. The summed E-state index contributed by atoms with van der Waals surface area (Å²) < 4.78 is 7.04. The zero-order valence-corrected chi connectivity index (χ0v) is 19.3. The molecule has 2 aromatic carbocycles. The minimum absolute atomic E-state index is 0.197. The van der Waals surface area contributed by atoms with Crippen LogP contribution in [0.3, 0.4) is 0 Å². The second kappa shape index (κ2) is 8.73. The molecular weight excluding hydrogens is 418 g/mol. The highest BCUT2D eigenvalue weighted by molar-refractivity contribution is 5.90. The van der Waals surface area contributed by atoms with Crippen LogP contribution < -0.4 is 5.32 Å². The SMILES string of the molecule is CC(C)[C@H](C)OC(=O)Nc1c(-c2ccc(-c3ccc(C4(C(=O)O)CC4)cc3)cc2)cnn1C. The minimum atomic E-state index is -0.747. The van der Waals surface area contributed by atoms with E-state index in [1.54, 1.807) is 17.9 Å². The zero-order chi connectivity index (χ0) is 23.8. The van der Waals surface area contributed by atoms with Gasteiger partial charge in [-0.1, -0.05) is 62.4 Å². The normalized spacial score (nSPS) is 15.2. The maximum atomic E-state index is 12.3. The van der Waals surface area contributed by atoms with Crippen molar-refractivity contribution in [1.82, 2.24) is 9.78 Å². The van der Waals surface area contributed by atoms with Crippen LogP contribution in [-0.4, -0.2) is 33.1 Å². The van der Waals surface area contributed by atoms with Crippen molar-refractivity contribution in [3.8, 4) is 22.3 Å². The number of rotatable bonds is 7. The molecule has 1 aliphatic rings. The van der Waals surface area contributed by atoms with E-state index in [2.05, 4.69) is 10.4 Å². The van der Waals surface area contributed by atoms with E-state index in [9.17, 15) is 14.7 Å². The molecule has 7 nitrogen and oxygen atoms in total. The van der Waals surface area contributed by atoms with Gasteiger partial charge in [-0.15, -0.1) is 0 Å². The first-order valence-corrected chi connectivity index (χ1v) is 11.2. The smallest absolute Gasteiger partial charge is 0.413 e. The number of nitrogens with one attached hydrogen (secondary N) is 1. The molecule has 1 heterocycles. The first kappa shape index (κ1) is 22.6. The van der Waals surface area contributed by atoms with Crippen LogP contribution in [0.2, 0.25) is 0 Å². The van der Waals surface area contributed by atoms with Crippen molar-refractivity contribution in [3.05, 3.63) is 60.3 Å². The van der Waals surface area contributed by atoms with Crippen molar-refractivity contribution >= 4 is 17.9 Å². The Hall–Kier alpha value is -3.61. The number of carboxylic acid groups (broad SMARTS) is 1. The predicted molar refractivity (Wildman–Crippen MR) is 127 cm³/mol. The minimum Gasteiger partial charge on any atom is -0.481 e. The largest absolute Gasteiger partial charge is 0.481 e. The van der Waals surface area contributed by atoms with Gasteiger partial charge in [0, 0.05) is 12.6 Å². The molecule has 0 saturated heterocycles. The molecule has 1 saturated carbocycles. The number of aryl methyl sites for hydroxylation is 1. The number of hydrogen-bond acceptors (Lipinski definition) is 4. The number of aliphatic carboxylic acids is 1. The Balaban J connectivity index is 1.51. The molecule has 172 valence electrons. The van der Waals surface area contributed by atoms with Crippen molar-refractivity contribution in [2.75, 3.05) is 5.32 Å². The van der Waals surface area contributed by atoms with Crippen molar-refractivity contribution in [1.29, 1.82) is 0 Å². The van der Waals surface area contributed by atoms with Crippen molar-refractivity contribution in [2.45, 2.75) is 45.1 Å². The fourth-order valence-corrected chi connectivity index (χ4v) is 3.80. The van der Waals surface area contributed by atoms with Gasteiger partial charge in [0.05, 0.1) is 11.6 Å². The molecule has 0 spiro atoms. The maximum absolute atomic E-state index is 12.3. The van der Waals surface area contributed by atoms with Crippen LogP contribution in [0.4, 0.5) is 10.6 Å². The number of carbonyl (C=O) groups is 2. The Morgan fingerprint density at radius 3 is 2.06 bits per heavy atom. The number of nitrogens with zero attached hydrogens (tertiary/aromatic N) is 2. The summed E-state index contributed by atoms with van der Waals surface area (Å²) in [5.41, 5.74) is 3.92. The fourth-order valence-electron chi connectivity index (χ4n) is 3.80.